The van der Waals surface area contributed by atoms with Gasteiger partial charge in [-0.05, 0) is 36.8 Å². The summed E-state index contributed by atoms with van der Waals surface area (Å²) in [5.74, 6) is -0.539. The third-order valence-corrected chi connectivity index (χ3v) is 3.66. The number of hydrogen-bond donors (Lipinski definition) is 2. The van der Waals surface area contributed by atoms with Crippen molar-refractivity contribution in [2.75, 3.05) is 5.32 Å². The number of hydrogen-bond acceptors (Lipinski definition) is 3. The van der Waals surface area contributed by atoms with Crippen LogP contribution in [-0.4, -0.2) is 15.9 Å². The number of anilines is 1. The number of carbonyl (C=O) groups excluding carboxylic acids is 1. The number of halogens is 1. The summed E-state index contributed by atoms with van der Waals surface area (Å²) in [4.78, 5) is 30.8. The number of fused-ring (bicyclic) bond motifs is 1. The molecule has 0 aliphatic carbocycles. The highest BCUT2D eigenvalue weighted by Crippen LogP contribution is 2.20. The highest BCUT2D eigenvalue weighted by atomic mass is 35.5. The van der Waals surface area contributed by atoms with Gasteiger partial charge in [-0.15, -0.1) is 0 Å². The van der Waals surface area contributed by atoms with Gasteiger partial charge in [0.05, 0.1) is 10.9 Å². The predicted octanol–water partition coefficient (Wildman–Crippen LogP) is 3.14. The molecule has 0 saturated heterocycles. The number of aryl methyl sites for hydroxylation is 1. The summed E-state index contributed by atoms with van der Waals surface area (Å²) in [6.45, 7) is 1.87. The average molecular weight is 314 g/mol. The standard InChI is InChI=1S/C16H12ClN3O2/c1-9-6-7-10(8-12(9)17)18-16(22)14-19-13-5-3-2-4-11(13)15(21)20-14/h2-8H,1H3,(H,18,22)(H,19,20,21). The summed E-state index contributed by atoms with van der Waals surface area (Å²) in [6.07, 6.45) is 0. The number of benzene rings is 2. The summed E-state index contributed by atoms with van der Waals surface area (Å²) in [5, 5.41) is 3.66. The molecule has 22 heavy (non-hydrogen) atoms. The number of rotatable bonds is 2. The normalized spacial score (nSPS) is 10.6. The fourth-order valence-corrected chi connectivity index (χ4v) is 2.24. The van der Waals surface area contributed by atoms with Crippen molar-refractivity contribution in [3.63, 3.8) is 0 Å². The first-order chi connectivity index (χ1) is 10.5. The molecule has 1 heterocycles. The van der Waals surface area contributed by atoms with Crippen molar-refractivity contribution in [1.82, 2.24) is 9.97 Å². The molecule has 0 unspecified atom stereocenters. The third-order valence-electron chi connectivity index (χ3n) is 3.26. The molecule has 0 radical (unpaired) electrons. The van der Waals surface area contributed by atoms with E-state index in [0.717, 1.165) is 5.56 Å². The van der Waals surface area contributed by atoms with Gasteiger partial charge in [-0.2, -0.15) is 0 Å². The van der Waals surface area contributed by atoms with Gasteiger partial charge in [0.15, 0.2) is 5.82 Å². The Morgan fingerprint density at radius 2 is 2.00 bits per heavy atom. The van der Waals surface area contributed by atoms with E-state index in [1.165, 1.54) is 0 Å². The van der Waals surface area contributed by atoms with Crippen LogP contribution in [0.15, 0.2) is 47.3 Å². The first-order valence-corrected chi connectivity index (χ1v) is 6.99. The van der Waals surface area contributed by atoms with Crippen LogP contribution in [-0.2, 0) is 0 Å². The maximum atomic E-state index is 12.2. The van der Waals surface area contributed by atoms with E-state index in [0.29, 0.717) is 21.6 Å². The molecule has 2 aromatic carbocycles. The first kappa shape index (κ1) is 14.3. The molecule has 0 fully saturated rings. The molecule has 0 saturated carbocycles. The monoisotopic (exact) mass is 313 g/mol. The van der Waals surface area contributed by atoms with Gasteiger partial charge in [0, 0.05) is 10.7 Å². The second-order valence-electron chi connectivity index (χ2n) is 4.85. The number of amides is 1. The van der Waals surface area contributed by atoms with Crippen molar-refractivity contribution in [2.45, 2.75) is 6.92 Å². The van der Waals surface area contributed by atoms with Crippen LogP contribution >= 0.6 is 11.6 Å². The Kier molecular flexibility index (Phi) is 3.65. The molecule has 1 aromatic heterocycles. The lowest BCUT2D eigenvalue weighted by Gasteiger charge is -2.07. The van der Waals surface area contributed by atoms with Gasteiger partial charge in [-0.3, -0.25) is 9.59 Å². The number of aromatic nitrogens is 2. The van der Waals surface area contributed by atoms with E-state index in [2.05, 4.69) is 15.3 Å². The topological polar surface area (TPSA) is 74.8 Å². The molecule has 0 aliphatic rings. The van der Waals surface area contributed by atoms with Crippen molar-refractivity contribution in [3.05, 3.63) is 69.2 Å². The van der Waals surface area contributed by atoms with Gasteiger partial charge < -0.3 is 10.3 Å². The third kappa shape index (κ3) is 2.71. The number of carbonyl (C=O) groups is 1. The van der Waals surface area contributed by atoms with Crippen molar-refractivity contribution >= 4 is 34.1 Å². The number of aromatic amines is 1. The van der Waals surface area contributed by atoms with Crippen molar-refractivity contribution in [2.24, 2.45) is 0 Å². The van der Waals surface area contributed by atoms with Gasteiger partial charge in [-0.25, -0.2) is 4.98 Å². The summed E-state index contributed by atoms with van der Waals surface area (Å²) < 4.78 is 0. The lowest BCUT2D eigenvalue weighted by Crippen LogP contribution is -2.21. The number of H-pyrrole nitrogens is 1. The fraction of sp³-hybridized carbons (Fsp3) is 0.0625. The number of para-hydroxylation sites is 1. The zero-order chi connectivity index (χ0) is 15.7. The van der Waals surface area contributed by atoms with Crippen LogP contribution < -0.4 is 10.9 Å². The zero-order valence-electron chi connectivity index (χ0n) is 11.7. The quantitative estimate of drug-likeness (QED) is 0.763. The maximum absolute atomic E-state index is 12.2. The first-order valence-electron chi connectivity index (χ1n) is 6.61. The van der Waals surface area contributed by atoms with Crippen molar-refractivity contribution in [1.29, 1.82) is 0 Å². The minimum atomic E-state index is -0.497. The molecule has 2 N–H and O–H groups in total. The van der Waals surface area contributed by atoms with E-state index in [1.54, 1.807) is 42.5 Å². The SMILES string of the molecule is Cc1ccc(NC(=O)c2nc3ccccc3c(=O)[nH]2)cc1Cl. The van der Waals surface area contributed by atoms with Crippen molar-refractivity contribution < 1.29 is 4.79 Å². The molecule has 5 nitrogen and oxygen atoms in total. The molecule has 3 rings (SSSR count). The molecule has 6 heteroatoms. The Balaban J connectivity index is 1.95. The molecule has 0 atom stereocenters. The smallest absolute Gasteiger partial charge is 0.291 e. The minimum absolute atomic E-state index is 0.0413. The molecule has 1 amide bonds. The van der Waals surface area contributed by atoms with Crippen LogP contribution in [0.25, 0.3) is 10.9 Å². The van der Waals surface area contributed by atoms with E-state index in [1.807, 2.05) is 6.92 Å². The summed E-state index contributed by atoms with van der Waals surface area (Å²) in [7, 11) is 0. The van der Waals surface area contributed by atoms with E-state index in [4.69, 9.17) is 11.6 Å². The fourth-order valence-electron chi connectivity index (χ4n) is 2.05. The Morgan fingerprint density at radius 3 is 2.77 bits per heavy atom. The maximum Gasteiger partial charge on any atom is 0.291 e. The highest BCUT2D eigenvalue weighted by Gasteiger charge is 2.12. The van der Waals surface area contributed by atoms with E-state index < -0.39 is 5.91 Å². The van der Waals surface area contributed by atoms with Crippen LogP contribution in [0.3, 0.4) is 0 Å². The molecule has 110 valence electrons. The Labute approximate surface area is 131 Å². The average Bonchev–Trinajstić information content (AvgIpc) is 2.51. The largest absolute Gasteiger partial charge is 0.319 e. The Hall–Kier alpha value is -2.66. The predicted molar refractivity (Wildman–Crippen MR) is 86.5 cm³/mol. The molecule has 0 aliphatic heterocycles. The summed E-state index contributed by atoms with van der Waals surface area (Å²) in [5.41, 5.74) is 1.57. The molecular formula is C16H12ClN3O2. The van der Waals surface area contributed by atoms with Gasteiger partial charge in [-0.1, -0.05) is 29.8 Å². The molecular weight excluding hydrogens is 302 g/mol. The highest BCUT2D eigenvalue weighted by molar-refractivity contribution is 6.31. The number of nitrogens with one attached hydrogen (secondary N) is 2. The second kappa shape index (κ2) is 5.61. The van der Waals surface area contributed by atoms with E-state index >= 15 is 0 Å². The van der Waals surface area contributed by atoms with Crippen LogP contribution in [0.5, 0.6) is 0 Å². The number of nitrogens with zero attached hydrogens (tertiary/aromatic N) is 1. The van der Waals surface area contributed by atoms with Crippen LogP contribution in [0.4, 0.5) is 5.69 Å². The Morgan fingerprint density at radius 1 is 1.23 bits per heavy atom. The van der Waals surface area contributed by atoms with Gasteiger partial charge in [0.25, 0.3) is 11.5 Å². The molecule has 3 aromatic rings. The summed E-state index contributed by atoms with van der Waals surface area (Å²) >= 11 is 6.02. The van der Waals surface area contributed by atoms with Crippen LogP contribution in [0.2, 0.25) is 5.02 Å². The lowest BCUT2D eigenvalue weighted by atomic mass is 10.2. The minimum Gasteiger partial charge on any atom is -0.319 e. The summed E-state index contributed by atoms with van der Waals surface area (Å²) in [6, 6.07) is 12.0. The van der Waals surface area contributed by atoms with E-state index in [9.17, 15) is 9.59 Å². The van der Waals surface area contributed by atoms with Gasteiger partial charge in [0.2, 0.25) is 0 Å². The van der Waals surface area contributed by atoms with Crippen LogP contribution in [0.1, 0.15) is 16.2 Å². The van der Waals surface area contributed by atoms with Gasteiger partial charge >= 0.3 is 0 Å². The zero-order valence-corrected chi connectivity index (χ0v) is 12.4. The Bertz CT molecular complexity index is 934. The molecule has 0 bridgehead atoms. The van der Waals surface area contributed by atoms with Crippen LogP contribution in [0, 0.1) is 6.92 Å². The molecule has 0 spiro atoms. The van der Waals surface area contributed by atoms with Gasteiger partial charge in [0.1, 0.15) is 0 Å². The second-order valence-corrected chi connectivity index (χ2v) is 5.26. The van der Waals surface area contributed by atoms with Crippen molar-refractivity contribution in [3.8, 4) is 0 Å². The lowest BCUT2D eigenvalue weighted by molar-refractivity contribution is 0.101. The van der Waals surface area contributed by atoms with E-state index in [-0.39, 0.29) is 11.4 Å².